The monoisotopic (exact) mass is 646 g/mol. The molecule has 3 aliphatic rings. The minimum atomic E-state index is -4.92. The number of nitrogens with zero attached hydrogens (tertiary/aromatic N) is 1. The SMILES string of the molecule is Cc1cn([C@H]2C[C@H](O)[C@@H](COP(=O)(O)OC[C@H]3O[C@H](OC[C@H]4OC(O)[C@H](O)[C@@H](O)[C@@H]4O)[C@H](O)[C@@H](O)[C@H]3O)O2)c(=O)[nH]c1=O. The third kappa shape index (κ3) is 7.76. The largest absolute Gasteiger partial charge is 0.472 e. The van der Waals surface area contributed by atoms with Gasteiger partial charge in [-0.25, -0.2) is 9.36 Å². The molecule has 0 aliphatic carbocycles. The molecule has 246 valence electrons. The van der Waals surface area contributed by atoms with Gasteiger partial charge in [0.05, 0.1) is 25.9 Å². The summed E-state index contributed by atoms with van der Waals surface area (Å²) in [6.45, 7) is -0.746. The van der Waals surface area contributed by atoms with E-state index < -0.39 is 119 Å². The van der Waals surface area contributed by atoms with Crippen LogP contribution in [0.3, 0.4) is 0 Å². The second-order valence-electron chi connectivity index (χ2n) is 10.4. The van der Waals surface area contributed by atoms with E-state index in [0.29, 0.717) is 0 Å². The number of rotatable bonds is 10. The van der Waals surface area contributed by atoms with Crippen molar-refractivity contribution in [3.8, 4) is 0 Å². The topological polar surface area (TPSA) is 309 Å². The van der Waals surface area contributed by atoms with Gasteiger partial charge in [-0.1, -0.05) is 0 Å². The standard InChI is InChI=1S/C22H35N2O18P/c1-7-3-24(22(34)23-19(7)32)12-2-8(25)9(40-12)5-38-43(35,36)39-6-11-14(27)16(29)18(31)21(42-11)37-4-10-13(26)15(28)17(30)20(33)41-10/h3,8-18,20-21,25-31,33H,2,4-6H2,1H3,(H,35,36)(H,23,32,34)/t8-,9+,10+,11+,12+,13+,14-,15-,16-,17+,18+,20?,21-/m0/s1. The van der Waals surface area contributed by atoms with Gasteiger partial charge in [0.15, 0.2) is 12.6 Å². The molecule has 3 saturated heterocycles. The average Bonchev–Trinajstić information content (AvgIpc) is 3.33. The summed E-state index contributed by atoms with van der Waals surface area (Å²) in [7, 11) is -4.92. The van der Waals surface area contributed by atoms with Gasteiger partial charge >= 0.3 is 13.5 Å². The Morgan fingerprint density at radius 1 is 0.837 bits per heavy atom. The van der Waals surface area contributed by atoms with E-state index in [9.17, 15) is 59.9 Å². The molecule has 21 heteroatoms. The van der Waals surface area contributed by atoms with Crippen LogP contribution in [-0.2, 0) is 32.6 Å². The Balaban J connectivity index is 1.29. The summed E-state index contributed by atoms with van der Waals surface area (Å²) < 4.78 is 44.4. The highest BCUT2D eigenvalue weighted by Gasteiger charge is 2.48. The lowest BCUT2D eigenvalue weighted by Gasteiger charge is -2.42. The predicted molar refractivity (Wildman–Crippen MR) is 134 cm³/mol. The Morgan fingerprint density at radius 3 is 2.07 bits per heavy atom. The number of aliphatic hydroxyl groups excluding tert-OH is 8. The van der Waals surface area contributed by atoms with Crippen molar-refractivity contribution in [3.63, 3.8) is 0 Å². The molecule has 43 heavy (non-hydrogen) atoms. The molecule has 1 aromatic heterocycles. The molecule has 10 N–H and O–H groups in total. The molecule has 1 aromatic rings. The number of aryl methyl sites for hydroxylation is 1. The lowest BCUT2D eigenvalue weighted by Crippen LogP contribution is -2.61. The van der Waals surface area contributed by atoms with Gasteiger partial charge in [0.2, 0.25) is 0 Å². The summed E-state index contributed by atoms with van der Waals surface area (Å²) >= 11 is 0. The maximum absolute atomic E-state index is 12.5. The number of hydrogen-bond donors (Lipinski definition) is 10. The molecule has 0 aromatic carbocycles. The minimum Gasteiger partial charge on any atom is -0.390 e. The Morgan fingerprint density at radius 2 is 1.42 bits per heavy atom. The maximum atomic E-state index is 12.5. The van der Waals surface area contributed by atoms with Gasteiger partial charge in [-0.3, -0.25) is 23.4 Å². The summed E-state index contributed by atoms with van der Waals surface area (Å²) in [5.41, 5.74) is -1.18. The van der Waals surface area contributed by atoms with Crippen molar-refractivity contribution >= 4 is 7.82 Å². The number of aromatic amines is 1. The van der Waals surface area contributed by atoms with Crippen LogP contribution in [0.2, 0.25) is 0 Å². The van der Waals surface area contributed by atoms with E-state index in [4.69, 9.17) is 28.0 Å². The number of phosphoric acid groups is 1. The maximum Gasteiger partial charge on any atom is 0.472 e. The number of nitrogens with one attached hydrogen (secondary N) is 1. The number of aromatic nitrogens is 2. The number of H-pyrrole nitrogens is 1. The van der Waals surface area contributed by atoms with Gasteiger partial charge in [0, 0.05) is 18.2 Å². The summed E-state index contributed by atoms with van der Waals surface area (Å²) in [6, 6.07) is 0. The molecule has 14 atom stereocenters. The van der Waals surface area contributed by atoms with Crippen molar-refractivity contribution in [1.82, 2.24) is 9.55 Å². The zero-order chi connectivity index (χ0) is 31.8. The van der Waals surface area contributed by atoms with Gasteiger partial charge in [0.1, 0.15) is 61.2 Å². The van der Waals surface area contributed by atoms with Crippen LogP contribution in [0.25, 0.3) is 0 Å². The molecule has 4 rings (SSSR count). The summed E-state index contributed by atoms with van der Waals surface area (Å²) in [5, 5.41) is 80.0. The lowest BCUT2D eigenvalue weighted by atomic mass is 9.98. The molecule has 0 spiro atoms. The quantitative estimate of drug-likeness (QED) is 0.106. The molecule has 0 radical (unpaired) electrons. The van der Waals surface area contributed by atoms with Gasteiger partial charge < -0.3 is 64.7 Å². The number of phosphoric ester groups is 1. The molecular weight excluding hydrogens is 611 g/mol. The van der Waals surface area contributed by atoms with Gasteiger partial charge in [0.25, 0.3) is 5.56 Å². The zero-order valence-electron chi connectivity index (χ0n) is 22.5. The van der Waals surface area contributed by atoms with Crippen LogP contribution in [0.1, 0.15) is 18.2 Å². The average molecular weight is 646 g/mol. The van der Waals surface area contributed by atoms with Crippen LogP contribution in [0.5, 0.6) is 0 Å². The third-order valence-corrected chi connectivity index (χ3v) is 8.20. The van der Waals surface area contributed by atoms with Crippen LogP contribution < -0.4 is 11.2 Å². The van der Waals surface area contributed by atoms with E-state index in [0.717, 1.165) is 4.57 Å². The number of aliphatic hydroxyl groups is 8. The lowest BCUT2D eigenvalue weighted by molar-refractivity contribution is -0.325. The Hall–Kier alpha value is -1.69. The second-order valence-corrected chi connectivity index (χ2v) is 11.8. The first kappa shape index (κ1) is 34.2. The van der Waals surface area contributed by atoms with Crippen molar-refractivity contribution < 1.29 is 78.3 Å². The molecule has 0 saturated carbocycles. The molecule has 3 aliphatic heterocycles. The first-order chi connectivity index (χ1) is 20.1. The normalized spacial score (nSPS) is 41.7. The van der Waals surface area contributed by atoms with Crippen LogP contribution in [0.15, 0.2) is 15.8 Å². The highest BCUT2D eigenvalue weighted by atomic mass is 31.2. The molecule has 3 fully saturated rings. The number of ether oxygens (including phenoxy) is 4. The zero-order valence-corrected chi connectivity index (χ0v) is 23.4. The second kappa shape index (κ2) is 13.7. The Bertz CT molecular complexity index is 1260. The molecule has 2 unspecified atom stereocenters. The van der Waals surface area contributed by atoms with Crippen LogP contribution >= 0.6 is 7.82 Å². The van der Waals surface area contributed by atoms with Gasteiger partial charge in [-0.05, 0) is 6.92 Å². The fraction of sp³-hybridized carbons (Fsp3) is 0.818. The first-order valence-electron chi connectivity index (χ1n) is 13.1. The van der Waals surface area contributed by atoms with Gasteiger partial charge in [-0.15, -0.1) is 0 Å². The Labute approximate surface area is 241 Å². The summed E-state index contributed by atoms with van der Waals surface area (Å²) in [5.74, 6) is 0. The Kier molecular flexibility index (Phi) is 10.9. The fourth-order valence-corrected chi connectivity index (χ4v) is 5.40. The number of hydrogen-bond acceptors (Lipinski definition) is 17. The summed E-state index contributed by atoms with van der Waals surface area (Å²) in [6.07, 6.45) is -19.8. The van der Waals surface area contributed by atoms with E-state index in [2.05, 4.69) is 4.98 Å². The van der Waals surface area contributed by atoms with E-state index in [1.54, 1.807) is 0 Å². The van der Waals surface area contributed by atoms with E-state index in [-0.39, 0.29) is 12.0 Å². The summed E-state index contributed by atoms with van der Waals surface area (Å²) in [4.78, 5) is 35.9. The highest BCUT2D eigenvalue weighted by molar-refractivity contribution is 7.47. The fourth-order valence-electron chi connectivity index (χ4n) is 4.66. The van der Waals surface area contributed by atoms with Crippen molar-refractivity contribution in [3.05, 3.63) is 32.6 Å². The van der Waals surface area contributed by atoms with Crippen molar-refractivity contribution in [2.24, 2.45) is 0 Å². The van der Waals surface area contributed by atoms with Crippen molar-refractivity contribution in [2.75, 3.05) is 19.8 Å². The van der Waals surface area contributed by atoms with E-state index in [1.807, 2.05) is 0 Å². The first-order valence-corrected chi connectivity index (χ1v) is 14.6. The van der Waals surface area contributed by atoms with Gasteiger partial charge in [-0.2, -0.15) is 0 Å². The van der Waals surface area contributed by atoms with Crippen LogP contribution in [0, 0.1) is 6.92 Å². The molecule has 4 heterocycles. The van der Waals surface area contributed by atoms with E-state index >= 15 is 0 Å². The van der Waals surface area contributed by atoms with E-state index in [1.165, 1.54) is 13.1 Å². The molecule has 0 bridgehead atoms. The minimum absolute atomic E-state index is 0.110. The smallest absolute Gasteiger partial charge is 0.390 e. The van der Waals surface area contributed by atoms with Crippen molar-refractivity contribution in [1.29, 1.82) is 0 Å². The van der Waals surface area contributed by atoms with Crippen LogP contribution in [-0.4, -0.2) is 149 Å². The predicted octanol–water partition coefficient (Wildman–Crippen LogP) is -5.75. The molecular formula is C22H35N2O18P. The molecule has 0 amide bonds. The highest BCUT2D eigenvalue weighted by Crippen LogP contribution is 2.45. The molecule has 20 nitrogen and oxygen atoms in total. The van der Waals surface area contributed by atoms with Crippen LogP contribution in [0.4, 0.5) is 0 Å². The third-order valence-electron chi connectivity index (χ3n) is 7.24. The van der Waals surface area contributed by atoms with Crippen molar-refractivity contribution in [2.45, 2.75) is 93.2 Å².